The molecule has 3 heterocycles. The van der Waals surface area contributed by atoms with Crippen molar-refractivity contribution in [2.75, 3.05) is 25.0 Å². The Labute approximate surface area is 181 Å². The van der Waals surface area contributed by atoms with E-state index in [2.05, 4.69) is 10.3 Å². The minimum absolute atomic E-state index is 0.0177. The number of urea groups is 1. The van der Waals surface area contributed by atoms with E-state index < -0.39 is 24.0 Å². The van der Waals surface area contributed by atoms with Crippen LogP contribution in [0.3, 0.4) is 0 Å². The molecule has 1 unspecified atom stereocenters. The fraction of sp³-hybridized carbons (Fsp3) is 0.526. The minimum atomic E-state index is -5.08. The van der Waals surface area contributed by atoms with Crippen molar-refractivity contribution in [2.45, 2.75) is 38.4 Å². The molecule has 1 atom stereocenters. The molecule has 0 spiro atoms. The van der Waals surface area contributed by atoms with Gasteiger partial charge in [0.25, 0.3) is 0 Å². The first-order valence-corrected chi connectivity index (χ1v) is 9.69. The number of alkyl halides is 3. The molecule has 176 valence electrons. The van der Waals surface area contributed by atoms with Crippen molar-refractivity contribution in [3.63, 3.8) is 0 Å². The molecule has 2 aliphatic rings. The number of carbonyl (C=O) groups excluding carboxylic acids is 2. The van der Waals surface area contributed by atoms with Gasteiger partial charge in [-0.3, -0.25) is 14.6 Å². The molecule has 3 amide bonds. The van der Waals surface area contributed by atoms with Gasteiger partial charge in [-0.15, -0.1) is 0 Å². The summed E-state index contributed by atoms with van der Waals surface area (Å²) >= 11 is 0. The van der Waals surface area contributed by atoms with Gasteiger partial charge in [0.2, 0.25) is 5.91 Å². The van der Waals surface area contributed by atoms with Crippen molar-refractivity contribution in [1.29, 1.82) is 0 Å². The van der Waals surface area contributed by atoms with Crippen LogP contribution < -0.4 is 5.32 Å². The molecule has 32 heavy (non-hydrogen) atoms. The molecule has 2 aliphatic heterocycles. The first-order chi connectivity index (χ1) is 14.9. The molecule has 0 bridgehead atoms. The SMILES string of the molecule is Cc1cc(NC(=O)N2CCC(N3CC(C(=O)O)CC3=O)CC2)ccn1.O=C(O)C(F)(F)F. The summed E-state index contributed by atoms with van der Waals surface area (Å²) in [6.45, 7) is 3.23. The van der Waals surface area contributed by atoms with E-state index in [4.69, 9.17) is 15.0 Å². The molecule has 3 rings (SSSR count). The highest BCUT2D eigenvalue weighted by Crippen LogP contribution is 2.26. The predicted molar refractivity (Wildman–Crippen MR) is 104 cm³/mol. The molecule has 0 aliphatic carbocycles. The highest BCUT2D eigenvalue weighted by molar-refractivity contribution is 5.89. The van der Waals surface area contributed by atoms with Crippen molar-refractivity contribution in [3.05, 3.63) is 24.0 Å². The van der Waals surface area contributed by atoms with Gasteiger partial charge in [0.05, 0.1) is 5.92 Å². The van der Waals surface area contributed by atoms with Gasteiger partial charge in [-0.05, 0) is 31.9 Å². The summed E-state index contributed by atoms with van der Waals surface area (Å²) in [7, 11) is 0. The number of pyridine rings is 1. The second kappa shape index (κ2) is 10.3. The van der Waals surface area contributed by atoms with Gasteiger partial charge in [0, 0.05) is 49.7 Å². The second-order valence-corrected chi connectivity index (χ2v) is 7.42. The lowest BCUT2D eigenvalue weighted by molar-refractivity contribution is -0.192. The first kappa shape index (κ1) is 24.9. The van der Waals surface area contributed by atoms with E-state index >= 15 is 0 Å². The summed E-state index contributed by atoms with van der Waals surface area (Å²) in [6.07, 6.45) is -2.02. The maximum absolute atomic E-state index is 12.3. The number of likely N-dealkylation sites (tertiary alicyclic amines) is 2. The van der Waals surface area contributed by atoms with E-state index in [9.17, 15) is 27.6 Å². The smallest absolute Gasteiger partial charge is 0.481 e. The van der Waals surface area contributed by atoms with E-state index in [-0.39, 0.29) is 30.9 Å². The molecule has 0 saturated carbocycles. The topological polar surface area (TPSA) is 140 Å². The van der Waals surface area contributed by atoms with Crippen LogP contribution in [0.4, 0.5) is 23.7 Å². The normalized spacial score (nSPS) is 19.2. The molecule has 3 N–H and O–H groups in total. The number of piperidine rings is 1. The Morgan fingerprint density at radius 3 is 2.25 bits per heavy atom. The molecular weight excluding hydrogens is 437 g/mol. The van der Waals surface area contributed by atoms with E-state index in [0.29, 0.717) is 31.6 Å². The van der Waals surface area contributed by atoms with Crippen molar-refractivity contribution in [1.82, 2.24) is 14.8 Å². The molecule has 1 aromatic rings. The summed E-state index contributed by atoms with van der Waals surface area (Å²) in [5.41, 5.74) is 1.54. The Morgan fingerprint density at radius 1 is 1.19 bits per heavy atom. The van der Waals surface area contributed by atoms with Gasteiger partial charge >= 0.3 is 24.1 Å². The number of nitrogens with one attached hydrogen (secondary N) is 1. The van der Waals surface area contributed by atoms with E-state index in [1.54, 1.807) is 28.1 Å². The average Bonchev–Trinajstić information content (AvgIpc) is 3.10. The number of aryl methyl sites for hydroxylation is 1. The molecule has 13 heteroatoms. The van der Waals surface area contributed by atoms with Crippen LogP contribution in [-0.2, 0) is 14.4 Å². The molecule has 2 saturated heterocycles. The quantitative estimate of drug-likeness (QED) is 0.626. The molecular formula is C19H23F3N4O6. The number of halogens is 3. The Bertz CT molecular complexity index is 871. The Morgan fingerprint density at radius 2 is 1.78 bits per heavy atom. The predicted octanol–water partition coefficient (Wildman–Crippen LogP) is 1.95. The molecule has 2 fully saturated rings. The zero-order valence-corrected chi connectivity index (χ0v) is 17.1. The number of hydrogen-bond donors (Lipinski definition) is 3. The number of carboxylic acids is 2. The number of aliphatic carboxylic acids is 2. The van der Waals surface area contributed by atoms with Crippen LogP contribution in [-0.4, -0.2) is 80.7 Å². The monoisotopic (exact) mass is 460 g/mol. The largest absolute Gasteiger partial charge is 0.490 e. The number of anilines is 1. The van der Waals surface area contributed by atoms with E-state index in [1.165, 1.54) is 0 Å². The van der Waals surface area contributed by atoms with Crippen LogP contribution in [0.1, 0.15) is 25.0 Å². The van der Waals surface area contributed by atoms with Crippen molar-refractivity contribution in [2.24, 2.45) is 5.92 Å². The van der Waals surface area contributed by atoms with Gasteiger partial charge in [0.15, 0.2) is 0 Å². The number of rotatable bonds is 3. The van der Waals surface area contributed by atoms with E-state index in [0.717, 1.165) is 5.69 Å². The van der Waals surface area contributed by atoms with Crippen molar-refractivity contribution >= 4 is 29.6 Å². The summed E-state index contributed by atoms with van der Waals surface area (Å²) in [6, 6.07) is 3.40. The van der Waals surface area contributed by atoms with Gasteiger partial charge in [0.1, 0.15) is 0 Å². The number of nitrogens with zero attached hydrogens (tertiary/aromatic N) is 3. The summed E-state index contributed by atoms with van der Waals surface area (Å²) in [4.78, 5) is 51.9. The number of hydrogen-bond acceptors (Lipinski definition) is 5. The van der Waals surface area contributed by atoms with Gasteiger partial charge in [-0.2, -0.15) is 13.2 Å². The third kappa shape index (κ3) is 6.82. The van der Waals surface area contributed by atoms with Crippen LogP contribution in [0.5, 0.6) is 0 Å². The number of amides is 3. The minimum Gasteiger partial charge on any atom is -0.481 e. The van der Waals surface area contributed by atoms with Crippen LogP contribution >= 0.6 is 0 Å². The zero-order chi connectivity index (χ0) is 24.1. The van der Waals surface area contributed by atoms with Crippen LogP contribution in [0.15, 0.2) is 18.3 Å². The first-order valence-electron chi connectivity index (χ1n) is 9.69. The molecule has 1 aromatic heterocycles. The molecule has 0 aromatic carbocycles. The van der Waals surface area contributed by atoms with Crippen LogP contribution in [0, 0.1) is 12.8 Å². The van der Waals surface area contributed by atoms with E-state index in [1.807, 2.05) is 6.92 Å². The highest BCUT2D eigenvalue weighted by Gasteiger charge is 2.39. The van der Waals surface area contributed by atoms with Crippen LogP contribution in [0.2, 0.25) is 0 Å². The highest BCUT2D eigenvalue weighted by atomic mass is 19.4. The van der Waals surface area contributed by atoms with Gasteiger partial charge < -0.3 is 25.3 Å². The molecule has 0 radical (unpaired) electrons. The standard InChI is InChI=1S/C17H22N4O4.C2HF3O2/c1-11-8-13(2-5-18-11)19-17(25)20-6-3-14(4-7-20)21-10-12(16(23)24)9-15(21)22;3-2(4,5)1(6)7/h2,5,8,12,14H,3-4,6-7,9-10H2,1H3,(H,23,24)(H,18,19,25);(H,6,7). The Kier molecular flexibility index (Phi) is 8.00. The fourth-order valence-corrected chi connectivity index (χ4v) is 3.46. The van der Waals surface area contributed by atoms with Crippen molar-refractivity contribution < 1.29 is 42.6 Å². The lowest BCUT2D eigenvalue weighted by Crippen LogP contribution is -2.48. The number of carbonyl (C=O) groups is 4. The lowest BCUT2D eigenvalue weighted by Gasteiger charge is -2.36. The molecule has 10 nitrogen and oxygen atoms in total. The Hall–Kier alpha value is -3.38. The maximum atomic E-state index is 12.3. The maximum Gasteiger partial charge on any atom is 0.490 e. The zero-order valence-electron chi connectivity index (χ0n) is 17.1. The number of carboxylic acid groups (broad SMARTS) is 2. The van der Waals surface area contributed by atoms with Gasteiger partial charge in [-0.25, -0.2) is 9.59 Å². The summed E-state index contributed by atoms with van der Waals surface area (Å²) < 4.78 is 31.7. The number of aromatic nitrogens is 1. The third-order valence-electron chi connectivity index (χ3n) is 5.09. The van der Waals surface area contributed by atoms with Crippen molar-refractivity contribution in [3.8, 4) is 0 Å². The fourth-order valence-electron chi connectivity index (χ4n) is 3.46. The average molecular weight is 460 g/mol. The Balaban J connectivity index is 0.000000451. The van der Waals surface area contributed by atoms with Crippen LogP contribution in [0.25, 0.3) is 0 Å². The lowest BCUT2D eigenvalue weighted by atomic mass is 10.0. The van der Waals surface area contributed by atoms with Gasteiger partial charge in [-0.1, -0.05) is 0 Å². The third-order valence-corrected chi connectivity index (χ3v) is 5.09. The second-order valence-electron chi connectivity index (χ2n) is 7.42. The summed E-state index contributed by atoms with van der Waals surface area (Å²) in [5.74, 6) is -4.38. The summed E-state index contributed by atoms with van der Waals surface area (Å²) in [5, 5.41) is 19.1.